The fraction of sp³-hybridized carbons (Fsp3) is 0.286. The molecule has 0 bridgehead atoms. The molecule has 7 nitrogen and oxygen atoms in total. The van der Waals surface area contributed by atoms with Gasteiger partial charge in [0, 0.05) is 0 Å². The Kier molecular flexibility index (Phi) is 7.28. The third kappa shape index (κ3) is 5.17. The van der Waals surface area contributed by atoms with Gasteiger partial charge in [0.2, 0.25) is 5.91 Å². The van der Waals surface area contributed by atoms with Gasteiger partial charge in [0.1, 0.15) is 6.61 Å². The highest BCUT2D eigenvalue weighted by Crippen LogP contribution is 2.27. The van der Waals surface area contributed by atoms with Crippen molar-refractivity contribution in [3.8, 4) is 0 Å². The van der Waals surface area contributed by atoms with Crippen molar-refractivity contribution in [2.24, 2.45) is 0 Å². The van der Waals surface area contributed by atoms with Crippen LogP contribution in [0.3, 0.4) is 0 Å². The van der Waals surface area contributed by atoms with Crippen molar-refractivity contribution in [2.45, 2.75) is 27.4 Å². The van der Waals surface area contributed by atoms with Crippen molar-refractivity contribution in [3.05, 3.63) is 64.2 Å². The van der Waals surface area contributed by atoms with Gasteiger partial charge in [0.05, 0.1) is 30.0 Å². The maximum atomic E-state index is 12.2. The van der Waals surface area contributed by atoms with E-state index in [4.69, 9.17) is 9.47 Å². The van der Waals surface area contributed by atoms with E-state index in [2.05, 4.69) is 5.32 Å². The van der Waals surface area contributed by atoms with E-state index in [0.717, 1.165) is 5.56 Å². The Balaban J connectivity index is 2.16. The summed E-state index contributed by atoms with van der Waals surface area (Å²) >= 11 is 0. The predicted molar refractivity (Wildman–Crippen MR) is 104 cm³/mol. The molecule has 0 unspecified atom stereocenters. The molecule has 1 amide bonds. The zero-order valence-corrected chi connectivity index (χ0v) is 16.1. The highest BCUT2D eigenvalue weighted by molar-refractivity contribution is 6.05. The first-order valence-corrected chi connectivity index (χ1v) is 8.81. The van der Waals surface area contributed by atoms with Crippen molar-refractivity contribution in [1.29, 1.82) is 0 Å². The molecule has 7 heteroatoms. The number of carboxylic acids is 1. The van der Waals surface area contributed by atoms with E-state index in [-0.39, 0.29) is 42.2 Å². The summed E-state index contributed by atoms with van der Waals surface area (Å²) in [6.45, 7) is 5.06. The first kappa shape index (κ1) is 21.1. The molecule has 0 aliphatic heterocycles. The van der Waals surface area contributed by atoms with Crippen molar-refractivity contribution < 1.29 is 29.0 Å². The number of nitrogens with one attached hydrogen (secondary N) is 1. The fourth-order valence-electron chi connectivity index (χ4n) is 2.90. The first-order valence-electron chi connectivity index (χ1n) is 8.81. The molecule has 0 radical (unpaired) electrons. The Bertz CT molecular complexity index is 876. The van der Waals surface area contributed by atoms with Crippen molar-refractivity contribution in [1.82, 2.24) is 0 Å². The van der Waals surface area contributed by atoms with Gasteiger partial charge < -0.3 is 19.9 Å². The molecule has 148 valence electrons. The number of amides is 1. The standard InChI is InChI=1S/C21H23NO6/c1-4-28-21(26)18-13(2)10-16(19(14(18)3)20(24)25)22-17(23)12-27-11-15-8-6-5-7-9-15/h5-10H,4,11-12H2,1-3H3,(H,22,23)(H,24,25). The number of hydrogen-bond donors (Lipinski definition) is 2. The minimum Gasteiger partial charge on any atom is -0.478 e. The summed E-state index contributed by atoms with van der Waals surface area (Å²) in [4.78, 5) is 36.1. The van der Waals surface area contributed by atoms with Gasteiger partial charge in [-0.3, -0.25) is 4.79 Å². The summed E-state index contributed by atoms with van der Waals surface area (Å²) in [5.74, 6) is -2.33. The Morgan fingerprint density at radius 3 is 2.36 bits per heavy atom. The van der Waals surface area contributed by atoms with Crippen LogP contribution in [-0.2, 0) is 20.9 Å². The quantitative estimate of drug-likeness (QED) is 0.676. The van der Waals surface area contributed by atoms with Crippen LogP contribution in [0.5, 0.6) is 0 Å². The second-order valence-electron chi connectivity index (χ2n) is 6.17. The van der Waals surface area contributed by atoms with Crippen molar-refractivity contribution in [3.63, 3.8) is 0 Å². The molecule has 0 saturated carbocycles. The number of ether oxygens (including phenoxy) is 2. The van der Waals surface area contributed by atoms with Gasteiger partial charge in [-0.15, -0.1) is 0 Å². The van der Waals surface area contributed by atoms with Gasteiger partial charge >= 0.3 is 11.9 Å². The second kappa shape index (κ2) is 9.66. The topological polar surface area (TPSA) is 102 Å². The van der Waals surface area contributed by atoms with Crippen LogP contribution >= 0.6 is 0 Å². The van der Waals surface area contributed by atoms with E-state index >= 15 is 0 Å². The molecule has 0 spiro atoms. The molecule has 2 aromatic carbocycles. The van der Waals surface area contributed by atoms with Crippen molar-refractivity contribution >= 4 is 23.5 Å². The number of carboxylic acid groups (broad SMARTS) is 1. The molecule has 0 aromatic heterocycles. The molecule has 0 atom stereocenters. The Morgan fingerprint density at radius 2 is 1.75 bits per heavy atom. The molecule has 0 aliphatic rings. The average Bonchev–Trinajstić information content (AvgIpc) is 2.62. The van der Waals surface area contributed by atoms with Crippen LogP contribution in [0.25, 0.3) is 0 Å². The largest absolute Gasteiger partial charge is 0.478 e. The SMILES string of the molecule is CCOC(=O)c1c(C)cc(NC(=O)COCc2ccccc2)c(C(=O)O)c1C. The van der Waals surface area contributed by atoms with Crippen LogP contribution in [0.2, 0.25) is 0 Å². The minimum atomic E-state index is -1.25. The zero-order valence-electron chi connectivity index (χ0n) is 16.1. The van der Waals surface area contributed by atoms with Crippen LogP contribution in [-0.4, -0.2) is 36.2 Å². The summed E-state index contributed by atoms with van der Waals surface area (Å²) < 4.78 is 10.4. The molecule has 0 fully saturated rings. The molecular formula is C21H23NO6. The van der Waals surface area contributed by atoms with Crippen LogP contribution in [0.4, 0.5) is 5.69 Å². The maximum absolute atomic E-state index is 12.2. The Labute approximate surface area is 163 Å². The van der Waals surface area contributed by atoms with Gasteiger partial charge in [-0.25, -0.2) is 9.59 Å². The van der Waals surface area contributed by atoms with Gasteiger partial charge in [0.25, 0.3) is 0 Å². The highest BCUT2D eigenvalue weighted by Gasteiger charge is 2.24. The highest BCUT2D eigenvalue weighted by atomic mass is 16.5. The number of aromatic carboxylic acids is 1. The van der Waals surface area contributed by atoms with Crippen LogP contribution in [0.1, 0.15) is 44.3 Å². The van der Waals surface area contributed by atoms with Gasteiger partial charge in [-0.2, -0.15) is 0 Å². The van der Waals surface area contributed by atoms with Crippen molar-refractivity contribution in [2.75, 3.05) is 18.5 Å². The van der Waals surface area contributed by atoms with E-state index in [1.807, 2.05) is 30.3 Å². The summed E-state index contributed by atoms with van der Waals surface area (Å²) in [5.41, 5.74) is 1.84. The average molecular weight is 385 g/mol. The molecule has 28 heavy (non-hydrogen) atoms. The Morgan fingerprint density at radius 1 is 1.07 bits per heavy atom. The van der Waals surface area contributed by atoms with E-state index in [0.29, 0.717) is 5.56 Å². The van der Waals surface area contributed by atoms with Gasteiger partial charge in [-0.05, 0) is 43.5 Å². The number of hydrogen-bond acceptors (Lipinski definition) is 5. The fourth-order valence-corrected chi connectivity index (χ4v) is 2.90. The van der Waals surface area contributed by atoms with Gasteiger partial charge in [0.15, 0.2) is 0 Å². The normalized spacial score (nSPS) is 10.4. The third-order valence-corrected chi connectivity index (χ3v) is 4.09. The third-order valence-electron chi connectivity index (χ3n) is 4.09. The second-order valence-corrected chi connectivity index (χ2v) is 6.17. The van der Waals surface area contributed by atoms with E-state index < -0.39 is 17.8 Å². The molecule has 2 rings (SSSR count). The number of carbonyl (C=O) groups excluding carboxylic acids is 2. The molecular weight excluding hydrogens is 362 g/mol. The monoisotopic (exact) mass is 385 g/mol. The zero-order chi connectivity index (χ0) is 20.7. The number of rotatable bonds is 8. The van der Waals surface area contributed by atoms with Crippen LogP contribution < -0.4 is 5.32 Å². The lowest BCUT2D eigenvalue weighted by atomic mass is 9.95. The minimum absolute atomic E-state index is 0.115. The summed E-state index contributed by atoms with van der Waals surface area (Å²) in [5, 5.41) is 12.1. The molecule has 0 saturated heterocycles. The summed E-state index contributed by atoms with van der Waals surface area (Å²) in [6, 6.07) is 10.8. The lowest BCUT2D eigenvalue weighted by molar-refractivity contribution is -0.121. The number of carbonyl (C=O) groups is 3. The molecule has 0 aliphatic carbocycles. The van der Waals surface area contributed by atoms with E-state index in [1.165, 1.54) is 13.0 Å². The number of aryl methyl sites for hydroxylation is 1. The number of benzene rings is 2. The molecule has 0 heterocycles. The Hall–Kier alpha value is -3.19. The molecule has 2 N–H and O–H groups in total. The first-order chi connectivity index (χ1) is 13.3. The van der Waals surface area contributed by atoms with Crippen LogP contribution in [0, 0.1) is 13.8 Å². The smallest absolute Gasteiger partial charge is 0.338 e. The number of esters is 1. The lowest BCUT2D eigenvalue weighted by Crippen LogP contribution is -2.22. The number of anilines is 1. The summed E-state index contributed by atoms with van der Waals surface area (Å²) in [6.07, 6.45) is 0. The van der Waals surface area contributed by atoms with E-state index in [9.17, 15) is 19.5 Å². The van der Waals surface area contributed by atoms with E-state index in [1.54, 1.807) is 13.8 Å². The molecule has 2 aromatic rings. The summed E-state index contributed by atoms with van der Waals surface area (Å²) in [7, 11) is 0. The predicted octanol–water partition coefficient (Wildman–Crippen LogP) is 3.33. The van der Waals surface area contributed by atoms with Crippen LogP contribution in [0.15, 0.2) is 36.4 Å². The van der Waals surface area contributed by atoms with Gasteiger partial charge in [-0.1, -0.05) is 30.3 Å². The lowest BCUT2D eigenvalue weighted by Gasteiger charge is -2.16. The maximum Gasteiger partial charge on any atom is 0.338 e.